The van der Waals surface area contributed by atoms with Crippen LogP contribution < -0.4 is 10.5 Å². The summed E-state index contributed by atoms with van der Waals surface area (Å²) in [7, 11) is 1.63. The second-order valence-corrected chi connectivity index (χ2v) is 4.98. The van der Waals surface area contributed by atoms with Gasteiger partial charge in [-0.2, -0.15) is 0 Å². The summed E-state index contributed by atoms with van der Waals surface area (Å²) in [6.45, 7) is 0.647. The van der Waals surface area contributed by atoms with Gasteiger partial charge in [-0.15, -0.1) is 0 Å². The fourth-order valence-corrected chi connectivity index (χ4v) is 2.00. The summed E-state index contributed by atoms with van der Waals surface area (Å²) in [6, 6.07) is 12.1. The number of ether oxygens (including phenoxy) is 2. The molecular weight excluding hydrogens is 289 g/mol. The standard InChI is InChI=1S/C16H16FNO2S/c1-19-9-11-3-2-4-14(7-11)20-10-13-6-5-12(16(18)21)8-15(13)17/h2-8H,9-10H2,1H3,(H2,18,21). The highest BCUT2D eigenvalue weighted by Crippen LogP contribution is 2.17. The van der Waals surface area contributed by atoms with Crippen molar-refractivity contribution >= 4 is 17.2 Å². The smallest absolute Gasteiger partial charge is 0.130 e. The third-order valence-electron chi connectivity index (χ3n) is 2.94. The molecule has 2 aromatic carbocycles. The zero-order chi connectivity index (χ0) is 15.2. The quantitative estimate of drug-likeness (QED) is 0.833. The van der Waals surface area contributed by atoms with Gasteiger partial charge >= 0.3 is 0 Å². The van der Waals surface area contributed by atoms with Crippen LogP contribution in [-0.2, 0) is 18.0 Å². The molecule has 2 rings (SSSR count). The fourth-order valence-electron chi connectivity index (χ4n) is 1.87. The van der Waals surface area contributed by atoms with Crippen LogP contribution in [0.3, 0.4) is 0 Å². The van der Waals surface area contributed by atoms with Crippen LogP contribution in [0.2, 0.25) is 0 Å². The van der Waals surface area contributed by atoms with Gasteiger partial charge in [-0.1, -0.05) is 36.5 Å². The lowest BCUT2D eigenvalue weighted by Gasteiger charge is -2.09. The lowest BCUT2D eigenvalue weighted by Crippen LogP contribution is -2.10. The predicted molar refractivity (Wildman–Crippen MR) is 83.8 cm³/mol. The first-order valence-corrected chi connectivity index (χ1v) is 6.80. The molecule has 3 nitrogen and oxygen atoms in total. The first kappa shape index (κ1) is 15.4. The first-order chi connectivity index (χ1) is 10.1. The number of methoxy groups -OCH3 is 1. The van der Waals surface area contributed by atoms with Gasteiger partial charge in [0.05, 0.1) is 6.61 Å². The number of hydrogen-bond acceptors (Lipinski definition) is 3. The fraction of sp³-hybridized carbons (Fsp3) is 0.188. The van der Waals surface area contributed by atoms with Crippen LogP contribution in [0, 0.1) is 5.82 Å². The molecule has 0 bridgehead atoms. The molecule has 0 aliphatic carbocycles. The molecule has 0 aliphatic rings. The molecule has 21 heavy (non-hydrogen) atoms. The van der Waals surface area contributed by atoms with Crippen LogP contribution in [0.15, 0.2) is 42.5 Å². The Hall–Kier alpha value is -1.98. The van der Waals surface area contributed by atoms with E-state index < -0.39 is 0 Å². The molecule has 0 fully saturated rings. The minimum atomic E-state index is -0.381. The Labute approximate surface area is 128 Å². The van der Waals surface area contributed by atoms with Crippen molar-refractivity contribution in [2.24, 2.45) is 5.73 Å². The molecule has 0 amide bonds. The van der Waals surface area contributed by atoms with Crippen LogP contribution in [0.1, 0.15) is 16.7 Å². The highest BCUT2D eigenvalue weighted by molar-refractivity contribution is 7.80. The topological polar surface area (TPSA) is 44.5 Å². The molecule has 0 saturated heterocycles. The molecule has 0 heterocycles. The Bertz CT molecular complexity index is 646. The number of hydrogen-bond donors (Lipinski definition) is 1. The SMILES string of the molecule is COCc1cccc(OCc2ccc(C(N)=S)cc2F)c1. The van der Waals surface area contributed by atoms with Gasteiger partial charge in [-0.05, 0) is 23.8 Å². The van der Waals surface area contributed by atoms with Crippen LogP contribution in [0.4, 0.5) is 4.39 Å². The van der Waals surface area contributed by atoms with E-state index in [4.69, 9.17) is 27.4 Å². The Kier molecular flexibility index (Phi) is 5.25. The first-order valence-electron chi connectivity index (χ1n) is 6.39. The Morgan fingerprint density at radius 1 is 1.19 bits per heavy atom. The van der Waals surface area contributed by atoms with Gasteiger partial charge in [0.1, 0.15) is 23.2 Å². The van der Waals surface area contributed by atoms with Crippen molar-refractivity contribution in [3.8, 4) is 5.75 Å². The van der Waals surface area contributed by atoms with E-state index in [-0.39, 0.29) is 17.4 Å². The second kappa shape index (κ2) is 7.15. The maximum Gasteiger partial charge on any atom is 0.130 e. The van der Waals surface area contributed by atoms with E-state index in [2.05, 4.69) is 0 Å². The highest BCUT2D eigenvalue weighted by atomic mass is 32.1. The third-order valence-corrected chi connectivity index (χ3v) is 3.18. The van der Waals surface area contributed by atoms with Crippen molar-refractivity contribution in [2.45, 2.75) is 13.2 Å². The van der Waals surface area contributed by atoms with Gasteiger partial charge in [0.2, 0.25) is 0 Å². The van der Waals surface area contributed by atoms with Crippen molar-refractivity contribution in [3.63, 3.8) is 0 Å². The number of halogens is 1. The molecule has 110 valence electrons. The van der Waals surface area contributed by atoms with E-state index in [0.717, 1.165) is 5.56 Å². The van der Waals surface area contributed by atoms with Gasteiger partial charge in [-0.25, -0.2) is 4.39 Å². The summed E-state index contributed by atoms with van der Waals surface area (Å²) in [4.78, 5) is 0.175. The van der Waals surface area contributed by atoms with Gasteiger partial charge in [0.15, 0.2) is 0 Å². The highest BCUT2D eigenvalue weighted by Gasteiger charge is 2.06. The molecule has 0 radical (unpaired) electrons. The average Bonchev–Trinajstić information content (AvgIpc) is 2.46. The van der Waals surface area contributed by atoms with Gasteiger partial charge < -0.3 is 15.2 Å². The van der Waals surface area contributed by atoms with Gasteiger partial charge in [0.25, 0.3) is 0 Å². The number of benzene rings is 2. The lowest BCUT2D eigenvalue weighted by molar-refractivity contribution is 0.184. The van der Waals surface area contributed by atoms with Crippen molar-refractivity contribution in [3.05, 3.63) is 65.0 Å². The summed E-state index contributed by atoms with van der Waals surface area (Å²) in [5, 5.41) is 0. The van der Waals surface area contributed by atoms with Gasteiger partial charge in [-0.3, -0.25) is 0 Å². The van der Waals surface area contributed by atoms with E-state index in [9.17, 15) is 4.39 Å². The molecule has 5 heteroatoms. The predicted octanol–water partition coefficient (Wildman–Crippen LogP) is 3.19. The third kappa shape index (κ3) is 4.24. The molecule has 2 aromatic rings. The minimum Gasteiger partial charge on any atom is -0.489 e. The summed E-state index contributed by atoms with van der Waals surface area (Å²) in [5.41, 5.74) is 7.42. The molecule has 0 aromatic heterocycles. The maximum absolute atomic E-state index is 13.9. The van der Waals surface area contributed by atoms with E-state index in [1.807, 2.05) is 24.3 Å². The monoisotopic (exact) mass is 305 g/mol. The Morgan fingerprint density at radius 3 is 2.67 bits per heavy atom. The van der Waals surface area contributed by atoms with E-state index in [1.54, 1.807) is 19.2 Å². The molecule has 0 spiro atoms. The summed E-state index contributed by atoms with van der Waals surface area (Å²) >= 11 is 4.81. The molecule has 0 aliphatic heterocycles. The van der Waals surface area contributed by atoms with Crippen molar-refractivity contribution in [1.29, 1.82) is 0 Å². The zero-order valence-corrected chi connectivity index (χ0v) is 12.5. The maximum atomic E-state index is 13.9. The molecule has 0 unspecified atom stereocenters. The molecule has 0 atom stereocenters. The van der Waals surface area contributed by atoms with Crippen molar-refractivity contribution in [1.82, 2.24) is 0 Å². The van der Waals surface area contributed by atoms with Gasteiger partial charge in [0, 0.05) is 18.2 Å². The minimum absolute atomic E-state index is 0.139. The Balaban J connectivity index is 2.06. The summed E-state index contributed by atoms with van der Waals surface area (Å²) in [5.74, 6) is 0.288. The second-order valence-electron chi connectivity index (χ2n) is 4.54. The molecule has 0 saturated carbocycles. The zero-order valence-electron chi connectivity index (χ0n) is 11.6. The van der Waals surface area contributed by atoms with Crippen LogP contribution in [-0.4, -0.2) is 12.1 Å². The summed E-state index contributed by atoms with van der Waals surface area (Å²) < 4.78 is 24.6. The number of nitrogens with two attached hydrogens (primary N) is 1. The normalized spacial score (nSPS) is 10.4. The van der Waals surface area contributed by atoms with E-state index in [0.29, 0.717) is 23.5 Å². The molecular formula is C16H16FNO2S. The summed E-state index contributed by atoms with van der Waals surface area (Å²) in [6.07, 6.45) is 0. The number of thiocarbonyl (C=S) groups is 1. The molecule has 2 N–H and O–H groups in total. The van der Waals surface area contributed by atoms with Crippen LogP contribution in [0.25, 0.3) is 0 Å². The largest absolute Gasteiger partial charge is 0.489 e. The van der Waals surface area contributed by atoms with Crippen molar-refractivity contribution < 1.29 is 13.9 Å². The van der Waals surface area contributed by atoms with E-state index in [1.165, 1.54) is 6.07 Å². The lowest BCUT2D eigenvalue weighted by atomic mass is 10.1. The Morgan fingerprint density at radius 2 is 2.00 bits per heavy atom. The van der Waals surface area contributed by atoms with Crippen LogP contribution >= 0.6 is 12.2 Å². The van der Waals surface area contributed by atoms with Crippen LogP contribution in [0.5, 0.6) is 5.75 Å². The van der Waals surface area contributed by atoms with Crippen molar-refractivity contribution in [2.75, 3.05) is 7.11 Å². The number of rotatable bonds is 6. The average molecular weight is 305 g/mol. The van der Waals surface area contributed by atoms with E-state index >= 15 is 0 Å².